The topological polar surface area (TPSA) is 160 Å². The van der Waals surface area contributed by atoms with E-state index in [4.69, 9.17) is 10.3 Å². The summed E-state index contributed by atoms with van der Waals surface area (Å²) in [5, 5.41) is 7.54. The van der Waals surface area contributed by atoms with E-state index in [2.05, 4.69) is 14.7 Å². The number of hydrogen-bond donors (Lipinski definition) is 3. The first-order valence-electron chi connectivity index (χ1n) is 7.74. The number of hydroxylamine groups is 2. The lowest BCUT2D eigenvalue weighted by Gasteiger charge is -2.21. The first kappa shape index (κ1) is 18.3. The molecule has 2 aliphatic rings. The second-order valence-corrected chi connectivity index (χ2v) is 6.79. The summed E-state index contributed by atoms with van der Waals surface area (Å²) >= 11 is 0. The van der Waals surface area contributed by atoms with E-state index in [0.717, 1.165) is 0 Å². The summed E-state index contributed by atoms with van der Waals surface area (Å²) < 4.78 is 36.4. The van der Waals surface area contributed by atoms with Gasteiger partial charge in [0.05, 0.1) is 24.4 Å². The maximum Gasteiger partial charge on any atom is 0.418 e. The summed E-state index contributed by atoms with van der Waals surface area (Å²) in [6.07, 6.45) is 3.35. The SMILES string of the molecule is NCCNC(=O)Cc1ccn(C2=CC3CN(C2)C(=O)N3OS(=O)(=O)O)n1. The Morgan fingerprint density at radius 3 is 2.96 bits per heavy atom. The fraction of sp³-hybridized carbons (Fsp3) is 0.462. The van der Waals surface area contributed by atoms with Gasteiger partial charge in [0.25, 0.3) is 0 Å². The van der Waals surface area contributed by atoms with E-state index in [1.807, 2.05) is 0 Å². The number of rotatable bonds is 7. The van der Waals surface area contributed by atoms with Gasteiger partial charge in [0.15, 0.2) is 0 Å². The van der Waals surface area contributed by atoms with Gasteiger partial charge < -0.3 is 16.0 Å². The molecule has 12 nitrogen and oxygen atoms in total. The summed E-state index contributed by atoms with van der Waals surface area (Å²) in [7, 11) is -4.80. The van der Waals surface area contributed by atoms with Crippen molar-refractivity contribution < 1.29 is 26.8 Å². The highest BCUT2D eigenvalue weighted by atomic mass is 32.3. The molecule has 4 N–H and O–H groups in total. The first-order valence-corrected chi connectivity index (χ1v) is 9.11. The Labute approximate surface area is 149 Å². The summed E-state index contributed by atoms with van der Waals surface area (Å²) in [6, 6.07) is 0.310. The Kier molecular flexibility index (Phi) is 4.95. The van der Waals surface area contributed by atoms with Gasteiger partial charge in [-0.25, -0.2) is 9.48 Å². The molecule has 2 aliphatic heterocycles. The van der Waals surface area contributed by atoms with Crippen molar-refractivity contribution in [2.45, 2.75) is 12.5 Å². The third-order valence-corrected chi connectivity index (χ3v) is 4.18. The average molecular weight is 386 g/mol. The minimum absolute atomic E-state index is 0.0876. The van der Waals surface area contributed by atoms with Crippen LogP contribution in [-0.4, -0.2) is 76.9 Å². The lowest BCUT2D eigenvalue weighted by Crippen LogP contribution is -2.35. The number of nitrogens with one attached hydrogen (secondary N) is 1. The van der Waals surface area contributed by atoms with E-state index in [-0.39, 0.29) is 25.4 Å². The molecule has 1 aromatic heterocycles. The maximum absolute atomic E-state index is 12.1. The molecule has 2 bridgehead atoms. The van der Waals surface area contributed by atoms with Gasteiger partial charge in [-0.1, -0.05) is 0 Å². The van der Waals surface area contributed by atoms with Gasteiger partial charge in [-0.15, -0.1) is 4.28 Å². The van der Waals surface area contributed by atoms with Gasteiger partial charge in [-0.3, -0.25) is 9.35 Å². The molecule has 0 aromatic carbocycles. The Bertz CT molecular complexity index is 849. The van der Waals surface area contributed by atoms with Crippen LogP contribution in [0.15, 0.2) is 18.3 Å². The molecule has 13 heteroatoms. The van der Waals surface area contributed by atoms with E-state index in [1.165, 1.54) is 9.58 Å². The van der Waals surface area contributed by atoms with Crippen molar-refractivity contribution >= 4 is 28.0 Å². The van der Waals surface area contributed by atoms with Crippen LogP contribution in [-0.2, 0) is 25.9 Å². The van der Waals surface area contributed by atoms with E-state index in [0.29, 0.717) is 29.5 Å². The number of nitrogens with zero attached hydrogens (tertiary/aromatic N) is 4. The highest BCUT2D eigenvalue weighted by molar-refractivity contribution is 7.80. The van der Waals surface area contributed by atoms with Crippen LogP contribution in [0.1, 0.15) is 5.69 Å². The van der Waals surface area contributed by atoms with Crippen molar-refractivity contribution in [3.05, 3.63) is 24.0 Å². The van der Waals surface area contributed by atoms with Crippen LogP contribution in [0.25, 0.3) is 5.70 Å². The number of nitrogens with two attached hydrogens (primary N) is 1. The predicted molar refractivity (Wildman–Crippen MR) is 87.5 cm³/mol. The zero-order valence-corrected chi connectivity index (χ0v) is 14.4. The van der Waals surface area contributed by atoms with Crippen molar-refractivity contribution in [2.24, 2.45) is 5.73 Å². The number of carbonyl (C=O) groups excluding carboxylic acids is 2. The second kappa shape index (κ2) is 7.03. The summed E-state index contributed by atoms with van der Waals surface area (Å²) in [6.45, 7) is 1.14. The van der Waals surface area contributed by atoms with Gasteiger partial charge >= 0.3 is 16.4 Å². The van der Waals surface area contributed by atoms with Gasteiger partial charge in [-0.2, -0.15) is 18.6 Å². The first-order chi connectivity index (χ1) is 12.3. The zero-order chi connectivity index (χ0) is 18.9. The molecular formula is C13H18N6O6S. The monoisotopic (exact) mass is 386 g/mol. The van der Waals surface area contributed by atoms with Crippen molar-refractivity contribution in [3.8, 4) is 0 Å². The smallest absolute Gasteiger partial charge is 0.354 e. The normalized spacial score (nSPS) is 19.7. The number of aromatic nitrogens is 2. The standard InChI is InChI=1S/C13H18N6O6S/c14-2-3-15-12(20)5-9-1-4-18(16-9)10-6-11-8-17(7-10)13(21)19(11)25-26(22,23)24/h1,4,6,11H,2-3,5,7-8,14H2,(H,15,20)(H,22,23,24). The Morgan fingerprint density at radius 1 is 1.50 bits per heavy atom. The summed E-state index contributed by atoms with van der Waals surface area (Å²) in [4.78, 5) is 25.2. The van der Waals surface area contributed by atoms with Crippen molar-refractivity contribution in [2.75, 3.05) is 26.2 Å². The molecule has 3 rings (SSSR count). The van der Waals surface area contributed by atoms with Crippen LogP contribution < -0.4 is 11.1 Å². The van der Waals surface area contributed by atoms with E-state index in [1.54, 1.807) is 18.3 Å². The second-order valence-electron chi connectivity index (χ2n) is 5.78. The van der Waals surface area contributed by atoms with Crippen molar-refractivity contribution in [3.63, 3.8) is 0 Å². The minimum atomic E-state index is -4.80. The fourth-order valence-electron chi connectivity index (χ4n) is 2.77. The minimum Gasteiger partial charge on any atom is -0.354 e. The molecule has 26 heavy (non-hydrogen) atoms. The maximum atomic E-state index is 12.1. The third-order valence-electron chi connectivity index (χ3n) is 3.83. The Balaban J connectivity index is 1.72. The molecular weight excluding hydrogens is 368 g/mol. The largest absolute Gasteiger partial charge is 0.418 e. The average Bonchev–Trinajstić information content (AvgIpc) is 3.11. The highest BCUT2D eigenvalue weighted by Gasteiger charge is 2.43. The van der Waals surface area contributed by atoms with Crippen LogP contribution in [0.5, 0.6) is 0 Å². The van der Waals surface area contributed by atoms with E-state index in [9.17, 15) is 18.0 Å². The number of amides is 3. The van der Waals surface area contributed by atoms with Crippen LogP contribution in [0, 0.1) is 0 Å². The molecule has 0 radical (unpaired) electrons. The summed E-state index contributed by atoms with van der Waals surface area (Å²) in [5.74, 6) is -0.204. The molecule has 1 fully saturated rings. The molecule has 142 valence electrons. The summed E-state index contributed by atoms with van der Waals surface area (Å²) in [5.41, 5.74) is 6.47. The fourth-order valence-corrected chi connectivity index (χ4v) is 3.15. The van der Waals surface area contributed by atoms with Gasteiger partial charge in [0.1, 0.15) is 6.04 Å². The lowest BCUT2D eigenvalue weighted by molar-refractivity contribution is -0.120. The molecule has 3 heterocycles. The number of carbonyl (C=O) groups is 2. The Hall–Kier alpha value is -2.48. The van der Waals surface area contributed by atoms with Gasteiger partial charge in [-0.05, 0) is 12.1 Å². The van der Waals surface area contributed by atoms with Crippen LogP contribution in [0.4, 0.5) is 4.79 Å². The van der Waals surface area contributed by atoms with Gasteiger partial charge in [0.2, 0.25) is 5.91 Å². The Morgan fingerprint density at radius 2 is 2.27 bits per heavy atom. The molecule has 3 amide bonds. The number of hydrogen-bond acceptors (Lipinski definition) is 7. The van der Waals surface area contributed by atoms with Crippen molar-refractivity contribution in [1.82, 2.24) is 25.1 Å². The molecule has 1 saturated heterocycles. The van der Waals surface area contributed by atoms with Crippen LogP contribution in [0.2, 0.25) is 0 Å². The number of urea groups is 1. The lowest BCUT2D eigenvalue weighted by atomic mass is 10.2. The zero-order valence-electron chi connectivity index (χ0n) is 13.6. The quantitative estimate of drug-likeness (QED) is 0.462. The van der Waals surface area contributed by atoms with Crippen LogP contribution >= 0.6 is 0 Å². The molecule has 1 unspecified atom stereocenters. The number of fused-ring (bicyclic) bond motifs is 2. The van der Waals surface area contributed by atoms with Crippen LogP contribution in [0.3, 0.4) is 0 Å². The molecule has 1 aromatic rings. The molecule has 0 aliphatic carbocycles. The van der Waals surface area contributed by atoms with Gasteiger partial charge in [0, 0.05) is 25.8 Å². The third kappa shape index (κ3) is 4.01. The molecule has 0 saturated carbocycles. The van der Waals surface area contributed by atoms with E-state index < -0.39 is 22.5 Å². The molecule has 1 atom stereocenters. The highest BCUT2D eigenvalue weighted by Crippen LogP contribution is 2.27. The molecule has 0 spiro atoms. The van der Waals surface area contributed by atoms with Crippen molar-refractivity contribution in [1.29, 1.82) is 0 Å². The van der Waals surface area contributed by atoms with E-state index >= 15 is 0 Å². The predicted octanol–water partition coefficient (Wildman–Crippen LogP) is -1.80.